The first kappa shape index (κ1) is 19.6. The molecule has 6 heteroatoms. The maximum Gasteiger partial charge on any atom is 0.317 e. The summed E-state index contributed by atoms with van der Waals surface area (Å²) in [5.41, 5.74) is 1.22. The fourth-order valence-corrected chi connectivity index (χ4v) is 5.80. The van der Waals surface area contributed by atoms with Crippen LogP contribution in [0.5, 0.6) is 0 Å². The first-order chi connectivity index (χ1) is 13.7. The number of likely N-dealkylation sites (tertiary alicyclic amines) is 1. The van der Waals surface area contributed by atoms with Crippen LogP contribution in [0.25, 0.3) is 0 Å². The van der Waals surface area contributed by atoms with Crippen LogP contribution in [0.15, 0.2) is 29.2 Å². The van der Waals surface area contributed by atoms with Crippen molar-refractivity contribution in [3.05, 3.63) is 29.8 Å². The van der Waals surface area contributed by atoms with Crippen molar-refractivity contribution >= 4 is 23.7 Å². The van der Waals surface area contributed by atoms with Crippen molar-refractivity contribution in [3.63, 3.8) is 0 Å². The number of carbonyl (C=O) groups is 2. The van der Waals surface area contributed by atoms with E-state index in [-0.39, 0.29) is 23.9 Å². The minimum absolute atomic E-state index is 0.0260. The molecule has 4 rings (SSSR count). The van der Waals surface area contributed by atoms with E-state index < -0.39 is 0 Å². The van der Waals surface area contributed by atoms with Gasteiger partial charge in [-0.05, 0) is 43.7 Å². The Morgan fingerprint density at radius 1 is 0.964 bits per heavy atom. The number of piperidine rings is 1. The molecule has 1 aliphatic carbocycles. The van der Waals surface area contributed by atoms with E-state index in [0.29, 0.717) is 12.6 Å². The summed E-state index contributed by atoms with van der Waals surface area (Å²) in [6.45, 7) is 1.27. The van der Waals surface area contributed by atoms with E-state index in [1.165, 1.54) is 29.7 Å². The van der Waals surface area contributed by atoms with Crippen molar-refractivity contribution in [2.75, 3.05) is 18.8 Å². The Kier molecular flexibility index (Phi) is 6.45. The Hall–Kier alpha value is -1.69. The van der Waals surface area contributed by atoms with Crippen LogP contribution < -0.4 is 10.6 Å². The van der Waals surface area contributed by atoms with Crippen LogP contribution in [0.1, 0.15) is 63.0 Å². The van der Waals surface area contributed by atoms with Gasteiger partial charge in [-0.3, -0.25) is 4.79 Å². The Balaban J connectivity index is 1.33. The maximum atomic E-state index is 12.9. The quantitative estimate of drug-likeness (QED) is 0.802. The maximum absolute atomic E-state index is 12.9. The van der Waals surface area contributed by atoms with E-state index in [2.05, 4.69) is 28.8 Å². The van der Waals surface area contributed by atoms with E-state index in [1.54, 1.807) is 0 Å². The van der Waals surface area contributed by atoms with Gasteiger partial charge in [0.05, 0.1) is 12.0 Å². The number of amides is 3. The van der Waals surface area contributed by atoms with E-state index in [9.17, 15) is 9.59 Å². The fourth-order valence-electron chi connectivity index (χ4n) is 4.67. The molecular weight excluding hydrogens is 370 g/mol. The van der Waals surface area contributed by atoms with Gasteiger partial charge in [-0.25, -0.2) is 4.79 Å². The molecule has 2 atom stereocenters. The fraction of sp³-hybridized carbons (Fsp3) is 0.636. The third kappa shape index (κ3) is 4.65. The second-order valence-corrected chi connectivity index (χ2v) is 9.44. The number of rotatable bonds is 3. The van der Waals surface area contributed by atoms with Crippen molar-refractivity contribution in [2.45, 2.75) is 68.3 Å². The van der Waals surface area contributed by atoms with E-state index in [0.717, 1.165) is 44.4 Å². The number of hydrogen-bond donors (Lipinski definition) is 2. The summed E-state index contributed by atoms with van der Waals surface area (Å²) >= 11 is 1.86. The van der Waals surface area contributed by atoms with Crippen LogP contribution >= 0.6 is 11.8 Å². The van der Waals surface area contributed by atoms with Crippen molar-refractivity contribution in [1.82, 2.24) is 15.5 Å². The predicted octanol–water partition coefficient (Wildman–Crippen LogP) is 4.09. The molecule has 2 heterocycles. The number of nitrogens with zero attached hydrogens (tertiary/aromatic N) is 1. The van der Waals surface area contributed by atoms with Gasteiger partial charge in [0.25, 0.3) is 0 Å². The highest BCUT2D eigenvalue weighted by molar-refractivity contribution is 7.99. The second kappa shape index (κ2) is 9.21. The van der Waals surface area contributed by atoms with Gasteiger partial charge in [0.1, 0.15) is 0 Å². The zero-order valence-corrected chi connectivity index (χ0v) is 17.3. The monoisotopic (exact) mass is 401 g/mol. The first-order valence-electron chi connectivity index (χ1n) is 10.8. The van der Waals surface area contributed by atoms with Crippen molar-refractivity contribution in [3.8, 4) is 0 Å². The number of nitrogens with one attached hydrogen (secondary N) is 2. The third-order valence-corrected chi connectivity index (χ3v) is 7.41. The van der Waals surface area contributed by atoms with E-state index in [1.807, 2.05) is 22.7 Å². The van der Waals surface area contributed by atoms with Crippen LogP contribution in [0.3, 0.4) is 0 Å². The Labute approximate surface area is 172 Å². The SMILES string of the molecule is O=C(NC1CCCCC1)[C@H]1CCCN(C(=O)N[C@H]2CCSc3ccccc32)C1. The summed E-state index contributed by atoms with van der Waals surface area (Å²) in [6.07, 6.45) is 8.64. The van der Waals surface area contributed by atoms with Crippen molar-refractivity contribution in [1.29, 1.82) is 0 Å². The minimum atomic E-state index is -0.0735. The van der Waals surface area contributed by atoms with Crippen molar-refractivity contribution in [2.24, 2.45) is 5.92 Å². The number of thioether (sulfide) groups is 1. The molecule has 2 aliphatic heterocycles. The molecule has 0 bridgehead atoms. The normalized spacial score (nSPS) is 25.6. The molecule has 2 fully saturated rings. The lowest BCUT2D eigenvalue weighted by atomic mass is 9.93. The molecule has 5 nitrogen and oxygen atoms in total. The lowest BCUT2D eigenvalue weighted by molar-refractivity contribution is -0.127. The van der Waals surface area contributed by atoms with Gasteiger partial charge < -0.3 is 15.5 Å². The highest BCUT2D eigenvalue weighted by atomic mass is 32.2. The van der Waals surface area contributed by atoms with Crippen molar-refractivity contribution < 1.29 is 9.59 Å². The average Bonchev–Trinajstić information content (AvgIpc) is 2.75. The number of benzene rings is 1. The molecule has 3 aliphatic rings. The van der Waals surface area contributed by atoms with Crippen LogP contribution in [0, 0.1) is 5.92 Å². The van der Waals surface area contributed by atoms with Gasteiger partial charge >= 0.3 is 6.03 Å². The molecule has 0 unspecified atom stereocenters. The Morgan fingerprint density at radius 3 is 2.64 bits per heavy atom. The Morgan fingerprint density at radius 2 is 1.79 bits per heavy atom. The first-order valence-corrected chi connectivity index (χ1v) is 11.8. The smallest absolute Gasteiger partial charge is 0.317 e. The molecule has 0 spiro atoms. The van der Waals surface area contributed by atoms with Gasteiger partial charge in [-0.15, -0.1) is 11.8 Å². The average molecular weight is 402 g/mol. The molecule has 2 N–H and O–H groups in total. The standard InChI is InChI=1S/C22H31N3O2S/c26-21(23-17-8-2-1-3-9-17)16-7-6-13-25(15-16)22(27)24-19-12-14-28-20-11-5-4-10-18(19)20/h4-5,10-11,16-17,19H,1-3,6-9,12-15H2,(H,23,26)(H,24,27)/t16-,19-/m0/s1. The molecule has 3 amide bonds. The summed E-state index contributed by atoms with van der Waals surface area (Å²) < 4.78 is 0. The largest absolute Gasteiger partial charge is 0.353 e. The molecule has 1 saturated carbocycles. The number of urea groups is 1. The van der Waals surface area contributed by atoms with E-state index in [4.69, 9.17) is 0 Å². The molecular formula is C22H31N3O2S. The third-order valence-electron chi connectivity index (χ3n) is 6.29. The summed E-state index contributed by atoms with van der Waals surface area (Å²) in [7, 11) is 0. The lowest BCUT2D eigenvalue weighted by Gasteiger charge is -2.35. The number of carbonyl (C=O) groups excluding carboxylic acids is 2. The summed E-state index contributed by atoms with van der Waals surface area (Å²) in [6, 6.07) is 8.71. The molecule has 152 valence electrons. The van der Waals surface area contributed by atoms with Crippen LogP contribution in [0.2, 0.25) is 0 Å². The molecule has 28 heavy (non-hydrogen) atoms. The second-order valence-electron chi connectivity index (χ2n) is 8.31. The minimum Gasteiger partial charge on any atom is -0.353 e. The number of hydrogen-bond acceptors (Lipinski definition) is 3. The molecule has 1 aromatic rings. The van der Waals surface area contributed by atoms with Gasteiger partial charge in [0.2, 0.25) is 5.91 Å². The zero-order valence-electron chi connectivity index (χ0n) is 16.5. The van der Waals surface area contributed by atoms with Crippen LogP contribution in [-0.4, -0.2) is 41.7 Å². The molecule has 0 radical (unpaired) electrons. The van der Waals surface area contributed by atoms with Crippen LogP contribution in [-0.2, 0) is 4.79 Å². The highest BCUT2D eigenvalue weighted by Gasteiger charge is 2.31. The van der Waals surface area contributed by atoms with Gasteiger partial charge in [-0.1, -0.05) is 37.5 Å². The summed E-state index contributed by atoms with van der Waals surface area (Å²) in [5, 5.41) is 6.47. The van der Waals surface area contributed by atoms with Gasteiger partial charge in [0, 0.05) is 29.8 Å². The van der Waals surface area contributed by atoms with E-state index >= 15 is 0 Å². The zero-order chi connectivity index (χ0) is 19.3. The molecule has 1 saturated heterocycles. The predicted molar refractivity (Wildman–Crippen MR) is 112 cm³/mol. The topological polar surface area (TPSA) is 61.4 Å². The van der Waals surface area contributed by atoms with Crippen LogP contribution in [0.4, 0.5) is 4.79 Å². The Bertz CT molecular complexity index is 705. The highest BCUT2D eigenvalue weighted by Crippen LogP contribution is 2.36. The number of fused-ring (bicyclic) bond motifs is 1. The van der Waals surface area contributed by atoms with Gasteiger partial charge in [-0.2, -0.15) is 0 Å². The van der Waals surface area contributed by atoms with Gasteiger partial charge in [0.15, 0.2) is 0 Å². The summed E-state index contributed by atoms with van der Waals surface area (Å²) in [4.78, 5) is 28.7. The lowest BCUT2D eigenvalue weighted by Crippen LogP contribution is -2.51. The summed E-state index contributed by atoms with van der Waals surface area (Å²) in [5.74, 6) is 1.09. The molecule has 1 aromatic carbocycles. The molecule has 0 aromatic heterocycles.